The van der Waals surface area contributed by atoms with E-state index in [9.17, 15) is 9.90 Å². The van der Waals surface area contributed by atoms with Gasteiger partial charge in [-0.05, 0) is 30.7 Å². The Bertz CT molecular complexity index is 1340. The van der Waals surface area contributed by atoms with Gasteiger partial charge in [0.05, 0.1) is 36.9 Å². The zero-order valence-electron chi connectivity index (χ0n) is 18.7. The summed E-state index contributed by atoms with van der Waals surface area (Å²) in [5, 5.41) is 13.4. The average molecular weight is 538 g/mol. The van der Waals surface area contributed by atoms with E-state index in [0.717, 1.165) is 38.9 Å². The molecule has 0 radical (unpaired) electrons. The number of rotatable bonds is 6. The summed E-state index contributed by atoms with van der Waals surface area (Å²) in [5.41, 5.74) is 3.05. The van der Waals surface area contributed by atoms with Gasteiger partial charge in [-0.15, -0.1) is 11.3 Å². The van der Waals surface area contributed by atoms with Crippen molar-refractivity contribution >= 4 is 43.3 Å². The van der Waals surface area contributed by atoms with Crippen LogP contribution in [0.3, 0.4) is 0 Å². The van der Waals surface area contributed by atoms with Gasteiger partial charge in [-0.1, -0.05) is 46.3 Å². The number of phenols is 1. The molecule has 1 fully saturated rings. The summed E-state index contributed by atoms with van der Waals surface area (Å²) in [6.07, 6.45) is 0. The minimum atomic E-state index is -0.564. The monoisotopic (exact) mass is 537 g/mol. The molecule has 0 aliphatic carbocycles. The summed E-state index contributed by atoms with van der Waals surface area (Å²) >= 11 is 4.98. The number of ketones is 1. The van der Waals surface area contributed by atoms with Gasteiger partial charge in [0.25, 0.3) is 0 Å². The van der Waals surface area contributed by atoms with Gasteiger partial charge < -0.3 is 9.84 Å². The van der Waals surface area contributed by atoms with Crippen molar-refractivity contribution in [3.8, 4) is 16.9 Å². The van der Waals surface area contributed by atoms with Gasteiger partial charge in [0.2, 0.25) is 0 Å². The molecule has 174 valence electrons. The van der Waals surface area contributed by atoms with Crippen molar-refractivity contribution in [2.24, 2.45) is 0 Å². The summed E-state index contributed by atoms with van der Waals surface area (Å²) in [5.74, 6) is -0.0796. The SMILES string of the molecule is CC(C(=O)c1cc(Br)ccc1O)c1nc(CN2CCOCC2)nc2scc(-c3ccccc3)c12. The lowest BCUT2D eigenvalue weighted by atomic mass is 9.92. The molecule has 5 rings (SSSR count). The fourth-order valence-electron chi connectivity index (χ4n) is 4.25. The molecule has 1 unspecified atom stereocenters. The van der Waals surface area contributed by atoms with Crippen molar-refractivity contribution in [1.82, 2.24) is 14.9 Å². The van der Waals surface area contributed by atoms with Crippen LogP contribution in [0.15, 0.2) is 58.4 Å². The summed E-state index contributed by atoms with van der Waals surface area (Å²) < 4.78 is 6.21. The summed E-state index contributed by atoms with van der Waals surface area (Å²) in [4.78, 5) is 26.5. The molecule has 3 heterocycles. The zero-order valence-corrected chi connectivity index (χ0v) is 21.1. The Morgan fingerprint density at radius 1 is 1.18 bits per heavy atom. The highest BCUT2D eigenvalue weighted by Gasteiger charge is 2.27. The molecule has 1 N–H and O–H groups in total. The van der Waals surface area contributed by atoms with Gasteiger partial charge in [-0.25, -0.2) is 9.97 Å². The van der Waals surface area contributed by atoms with E-state index in [1.165, 1.54) is 6.07 Å². The van der Waals surface area contributed by atoms with Crippen molar-refractivity contribution in [1.29, 1.82) is 0 Å². The van der Waals surface area contributed by atoms with Gasteiger partial charge in [0.15, 0.2) is 5.78 Å². The number of aromatic hydroxyl groups is 1. The number of benzene rings is 2. The number of thiophene rings is 1. The van der Waals surface area contributed by atoms with Crippen LogP contribution in [0.1, 0.15) is 34.7 Å². The molecule has 0 amide bonds. The lowest BCUT2D eigenvalue weighted by Crippen LogP contribution is -2.36. The topological polar surface area (TPSA) is 75.5 Å². The normalized spacial score (nSPS) is 15.5. The van der Waals surface area contributed by atoms with Gasteiger partial charge in [-0.2, -0.15) is 0 Å². The first kappa shape index (κ1) is 23.1. The van der Waals surface area contributed by atoms with Crippen molar-refractivity contribution in [2.45, 2.75) is 19.4 Å². The van der Waals surface area contributed by atoms with Crippen LogP contribution in [0.25, 0.3) is 21.3 Å². The second-order valence-corrected chi connectivity index (χ2v) is 10.1. The summed E-state index contributed by atoms with van der Waals surface area (Å²) in [6.45, 7) is 5.52. The second-order valence-electron chi connectivity index (χ2n) is 8.36. The third-order valence-electron chi connectivity index (χ3n) is 6.09. The molecule has 0 bridgehead atoms. The largest absolute Gasteiger partial charge is 0.507 e. The molecule has 1 aliphatic heterocycles. The fourth-order valence-corrected chi connectivity index (χ4v) is 5.59. The van der Waals surface area contributed by atoms with Crippen molar-refractivity contribution in [2.75, 3.05) is 26.3 Å². The maximum absolute atomic E-state index is 13.6. The maximum atomic E-state index is 13.6. The molecule has 1 saturated heterocycles. The molecule has 8 heteroatoms. The Balaban J connectivity index is 1.62. The number of aromatic nitrogens is 2. The number of halogens is 1. The number of fused-ring (bicyclic) bond motifs is 1. The van der Waals surface area contributed by atoms with Crippen LogP contribution < -0.4 is 0 Å². The van der Waals surface area contributed by atoms with Crippen molar-refractivity contribution in [3.05, 3.63) is 75.5 Å². The van der Waals surface area contributed by atoms with Crippen LogP contribution in [-0.4, -0.2) is 52.1 Å². The van der Waals surface area contributed by atoms with E-state index < -0.39 is 5.92 Å². The van der Waals surface area contributed by atoms with E-state index in [1.807, 2.05) is 25.1 Å². The van der Waals surface area contributed by atoms with E-state index in [0.29, 0.717) is 31.3 Å². The van der Waals surface area contributed by atoms with E-state index in [-0.39, 0.29) is 17.1 Å². The molecule has 0 saturated carbocycles. The van der Waals surface area contributed by atoms with Crippen molar-refractivity contribution in [3.63, 3.8) is 0 Å². The fraction of sp³-hybridized carbons (Fsp3) is 0.269. The van der Waals surface area contributed by atoms with E-state index in [2.05, 4.69) is 38.3 Å². The van der Waals surface area contributed by atoms with Crippen LogP contribution >= 0.6 is 27.3 Å². The molecule has 2 aromatic carbocycles. The van der Waals surface area contributed by atoms with E-state index in [1.54, 1.807) is 23.5 Å². The molecular formula is C26H24BrN3O3S. The Morgan fingerprint density at radius 2 is 1.94 bits per heavy atom. The molecule has 2 aromatic heterocycles. The molecule has 0 spiro atoms. The van der Waals surface area contributed by atoms with E-state index >= 15 is 0 Å². The number of Topliss-reactive ketones (excluding diaryl/α,β-unsaturated/α-hetero) is 1. The lowest BCUT2D eigenvalue weighted by Gasteiger charge is -2.26. The quantitative estimate of drug-likeness (QED) is 0.320. The first-order valence-corrected chi connectivity index (χ1v) is 12.8. The first-order valence-electron chi connectivity index (χ1n) is 11.2. The summed E-state index contributed by atoms with van der Waals surface area (Å²) in [6, 6.07) is 15.0. The Labute approximate surface area is 210 Å². The highest BCUT2D eigenvalue weighted by molar-refractivity contribution is 9.10. The Hall–Kier alpha value is -2.65. The molecule has 4 aromatic rings. The highest BCUT2D eigenvalue weighted by atomic mass is 79.9. The first-order chi connectivity index (χ1) is 16.5. The Kier molecular flexibility index (Phi) is 6.74. The third-order valence-corrected chi connectivity index (χ3v) is 7.45. The van der Waals surface area contributed by atoms with Crippen LogP contribution in [0.5, 0.6) is 5.75 Å². The minimum Gasteiger partial charge on any atom is -0.507 e. The number of phenolic OH excluding ortho intramolecular Hbond substituents is 1. The molecule has 1 aliphatic rings. The second kappa shape index (κ2) is 9.92. The van der Waals surface area contributed by atoms with Gasteiger partial charge >= 0.3 is 0 Å². The highest BCUT2D eigenvalue weighted by Crippen LogP contribution is 2.39. The molecule has 34 heavy (non-hydrogen) atoms. The minimum absolute atomic E-state index is 0.0347. The number of hydrogen-bond acceptors (Lipinski definition) is 7. The van der Waals surface area contributed by atoms with Gasteiger partial charge in [-0.3, -0.25) is 9.69 Å². The lowest BCUT2D eigenvalue weighted by molar-refractivity contribution is 0.0331. The molecular weight excluding hydrogens is 514 g/mol. The number of carbonyl (C=O) groups is 1. The number of carbonyl (C=O) groups excluding carboxylic acids is 1. The zero-order chi connectivity index (χ0) is 23.7. The number of ether oxygens (including phenoxy) is 1. The standard InChI is InChI=1S/C26H24BrN3O3S/c1-16(25(32)19-13-18(27)7-8-21(19)31)24-23-20(17-5-3-2-4-6-17)15-34-26(23)29-22(28-24)14-30-9-11-33-12-10-30/h2-8,13,15-16,31H,9-12,14H2,1H3. The molecule has 1 atom stereocenters. The van der Waals surface area contributed by atoms with Crippen LogP contribution in [0, 0.1) is 0 Å². The number of nitrogens with zero attached hydrogens (tertiary/aromatic N) is 3. The third kappa shape index (κ3) is 4.63. The predicted octanol–water partition coefficient (Wildman–Crippen LogP) is 5.65. The predicted molar refractivity (Wildman–Crippen MR) is 137 cm³/mol. The molecule has 6 nitrogen and oxygen atoms in total. The smallest absolute Gasteiger partial charge is 0.175 e. The number of hydrogen-bond donors (Lipinski definition) is 1. The average Bonchev–Trinajstić information content (AvgIpc) is 3.29. The van der Waals surface area contributed by atoms with E-state index in [4.69, 9.17) is 14.7 Å². The van der Waals surface area contributed by atoms with Crippen LogP contribution in [0.2, 0.25) is 0 Å². The Morgan fingerprint density at radius 3 is 2.71 bits per heavy atom. The van der Waals surface area contributed by atoms with Gasteiger partial charge in [0, 0.05) is 33.9 Å². The summed E-state index contributed by atoms with van der Waals surface area (Å²) in [7, 11) is 0. The van der Waals surface area contributed by atoms with Crippen LogP contribution in [0.4, 0.5) is 0 Å². The van der Waals surface area contributed by atoms with Gasteiger partial charge in [0.1, 0.15) is 16.4 Å². The maximum Gasteiger partial charge on any atom is 0.175 e. The number of morpholine rings is 1. The van der Waals surface area contributed by atoms with Crippen molar-refractivity contribution < 1.29 is 14.6 Å². The van der Waals surface area contributed by atoms with Crippen LogP contribution in [-0.2, 0) is 11.3 Å².